The minimum absolute atomic E-state index is 0.00327. The zero-order valence-corrected chi connectivity index (χ0v) is 14.1. The molecule has 0 spiro atoms. The number of hydrogen-bond donors (Lipinski definition) is 1. The number of hydrogen-bond acceptors (Lipinski definition) is 4. The number of piperidine rings is 1. The van der Waals surface area contributed by atoms with E-state index in [0.717, 1.165) is 12.3 Å². The Bertz CT molecular complexity index is 566. The van der Waals surface area contributed by atoms with Gasteiger partial charge in [0.05, 0.1) is 19.1 Å². The van der Waals surface area contributed by atoms with Crippen LogP contribution in [0.4, 0.5) is 0 Å². The van der Waals surface area contributed by atoms with E-state index in [2.05, 4.69) is 22.3 Å². The van der Waals surface area contributed by atoms with E-state index in [1.807, 2.05) is 12.1 Å². The van der Waals surface area contributed by atoms with Crippen LogP contribution in [0.2, 0.25) is 0 Å². The van der Waals surface area contributed by atoms with Gasteiger partial charge in [0.15, 0.2) is 5.78 Å². The summed E-state index contributed by atoms with van der Waals surface area (Å²) in [4.78, 5) is 25.6. The molecule has 1 N–H and O–H groups in total. The molecule has 0 saturated carbocycles. The molecule has 2 aliphatic rings. The van der Waals surface area contributed by atoms with E-state index < -0.39 is 5.92 Å². The van der Waals surface area contributed by atoms with Crippen LogP contribution in [0.15, 0.2) is 24.3 Å². The molecular weight excluding hydrogens is 304 g/mol. The summed E-state index contributed by atoms with van der Waals surface area (Å²) >= 11 is 0. The van der Waals surface area contributed by atoms with Crippen LogP contribution in [-0.2, 0) is 16.1 Å². The van der Waals surface area contributed by atoms with Crippen LogP contribution in [0.3, 0.4) is 0 Å². The number of Topliss-reactive ketones (excluding diaryl/α,β-unsaturated/α-hetero) is 1. The highest BCUT2D eigenvalue weighted by Gasteiger charge is 2.31. The maximum absolute atomic E-state index is 11.6. The van der Waals surface area contributed by atoms with Crippen LogP contribution < -0.4 is 10.1 Å². The molecule has 1 aromatic carbocycles. The maximum atomic E-state index is 11.6. The van der Waals surface area contributed by atoms with E-state index in [9.17, 15) is 9.59 Å². The first kappa shape index (κ1) is 17.0. The van der Waals surface area contributed by atoms with Gasteiger partial charge >= 0.3 is 0 Å². The zero-order chi connectivity index (χ0) is 16.8. The Morgan fingerprint density at radius 3 is 2.75 bits per heavy atom. The van der Waals surface area contributed by atoms with Crippen molar-refractivity contribution in [1.82, 2.24) is 10.2 Å². The summed E-state index contributed by atoms with van der Waals surface area (Å²) in [6.45, 7) is 4.06. The monoisotopic (exact) mass is 330 g/mol. The van der Waals surface area contributed by atoms with E-state index in [1.165, 1.54) is 37.9 Å². The van der Waals surface area contributed by atoms with E-state index >= 15 is 0 Å². The fourth-order valence-corrected chi connectivity index (χ4v) is 3.45. The lowest BCUT2D eigenvalue weighted by atomic mass is 10.0. The number of likely N-dealkylation sites (tertiary alicyclic amines) is 1. The average molecular weight is 330 g/mol. The summed E-state index contributed by atoms with van der Waals surface area (Å²) in [5, 5.41) is 2.59. The molecule has 2 saturated heterocycles. The molecule has 2 fully saturated rings. The lowest BCUT2D eigenvalue weighted by Gasteiger charge is -2.26. The summed E-state index contributed by atoms with van der Waals surface area (Å²) in [5.74, 6) is 0.262. The number of benzene rings is 1. The number of nitrogens with zero attached hydrogens (tertiary/aromatic N) is 1. The fraction of sp³-hybridized carbons (Fsp3) is 0.579. The lowest BCUT2D eigenvalue weighted by Crippen LogP contribution is -2.29. The van der Waals surface area contributed by atoms with Gasteiger partial charge in [-0.15, -0.1) is 0 Å². The number of amides is 1. The standard InChI is InChI=1S/C19H26N2O3/c22-18-13-20-19(23)17(18)8-5-11-24-16-7-4-6-15(12-16)14-21-9-2-1-3-10-21/h4,6-7,12,17H,1-3,5,8-11,13-14H2,(H,20,23). The number of carbonyl (C=O) groups excluding carboxylic acids is 2. The third-order valence-corrected chi connectivity index (χ3v) is 4.80. The van der Waals surface area contributed by atoms with Crippen molar-refractivity contribution in [2.75, 3.05) is 26.2 Å². The minimum Gasteiger partial charge on any atom is -0.494 e. The first-order chi connectivity index (χ1) is 11.7. The summed E-state index contributed by atoms with van der Waals surface area (Å²) in [6.07, 6.45) is 5.22. The highest BCUT2D eigenvalue weighted by Crippen LogP contribution is 2.19. The van der Waals surface area contributed by atoms with Crippen LogP contribution >= 0.6 is 0 Å². The summed E-state index contributed by atoms with van der Waals surface area (Å²) in [6, 6.07) is 8.24. The molecule has 24 heavy (non-hydrogen) atoms. The molecular formula is C19H26N2O3. The van der Waals surface area contributed by atoms with Crippen LogP contribution in [-0.4, -0.2) is 42.8 Å². The Balaban J connectivity index is 1.42. The topological polar surface area (TPSA) is 58.6 Å². The molecule has 1 amide bonds. The van der Waals surface area contributed by atoms with E-state index in [1.54, 1.807) is 0 Å². The number of carbonyl (C=O) groups is 2. The Morgan fingerprint density at radius 1 is 1.17 bits per heavy atom. The van der Waals surface area contributed by atoms with Crippen molar-refractivity contribution < 1.29 is 14.3 Å². The van der Waals surface area contributed by atoms with Crippen molar-refractivity contribution in [3.63, 3.8) is 0 Å². The van der Waals surface area contributed by atoms with Gasteiger partial charge in [0.2, 0.25) is 5.91 Å². The Kier molecular flexibility index (Phi) is 5.86. The average Bonchev–Trinajstić information content (AvgIpc) is 2.91. The number of nitrogens with one attached hydrogen (secondary N) is 1. The molecule has 130 valence electrons. The quantitative estimate of drug-likeness (QED) is 0.615. The SMILES string of the molecule is O=C1CNC(=O)C1CCCOc1cccc(CN2CCCCC2)c1. The van der Waals surface area contributed by atoms with Crippen LogP contribution in [0.1, 0.15) is 37.7 Å². The van der Waals surface area contributed by atoms with Crippen molar-refractivity contribution in [3.8, 4) is 5.75 Å². The van der Waals surface area contributed by atoms with Crippen LogP contribution in [0.25, 0.3) is 0 Å². The van der Waals surface area contributed by atoms with Gasteiger partial charge in [-0.1, -0.05) is 18.6 Å². The molecule has 1 atom stereocenters. The van der Waals surface area contributed by atoms with Crippen molar-refractivity contribution >= 4 is 11.7 Å². The third kappa shape index (κ3) is 4.57. The second-order valence-corrected chi connectivity index (χ2v) is 6.71. The predicted molar refractivity (Wildman–Crippen MR) is 91.8 cm³/mol. The number of ether oxygens (including phenoxy) is 1. The molecule has 0 bridgehead atoms. The highest BCUT2D eigenvalue weighted by molar-refractivity contribution is 6.08. The molecule has 2 heterocycles. The summed E-state index contributed by atoms with van der Waals surface area (Å²) in [5.41, 5.74) is 1.28. The van der Waals surface area contributed by atoms with Gasteiger partial charge in [0, 0.05) is 6.54 Å². The van der Waals surface area contributed by atoms with E-state index in [4.69, 9.17) is 4.74 Å². The Labute approximate surface area is 143 Å². The number of ketones is 1. The van der Waals surface area contributed by atoms with Crippen molar-refractivity contribution in [3.05, 3.63) is 29.8 Å². The second kappa shape index (κ2) is 8.29. The molecule has 1 aromatic rings. The van der Waals surface area contributed by atoms with Gasteiger partial charge in [0.1, 0.15) is 5.75 Å². The van der Waals surface area contributed by atoms with Gasteiger partial charge in [0.25, 0.3) is 0 Å². The summed E-state index contributed by atoms with van der Waals surface area (Å²) < 4.78 is 5.80. The van der Waals surface area contributed by atoms with Crippen LogP contribution in [0, 0.1) is 5.92 Å². The lowest BCUT2D eigenvalue weighted by molar-refractivity contribution is -0.127. The molecule has 0 aliphatic carbocycles. The van der Waals surface area contributed by atoms with Crippen molar-refractivity contribution in [2.24, 2.45) is 5.92 Å². The van der Waals surface area contributed by atoms with Crippen molar-refractivity contribution in [2.45, 2.75) is 38.6 Å². The van der Waals surface area contributed by atoms with Gasteiger partial charge in [-0.05, 0) is 56.5 Å². The molecule has 3 rings (SSSR count). The fourth-order valence-electron chi connectivity index (χ4n) is 3.45. The maximum Gasteiger partial charge on any atom is 0.231 e. The van der Waals surface area contributed by atoms with Gasteiger partial charge in [-0.3, -0.25) is 14.5 Å². The van der Waals surface area contributed by atoms with E-state index in [-0.39, 0.29) is 18.2 Å². The highest BCUT2D eigenvalue weighted by atomic mass is 16.5. The first-order valence-electron chi connectivity index (χ1n) is 8.97. The Hall–Kier alpha value is -1.88. The molecule has 0 radical (unpaired) electrons. The number of rotatable bonds is 7. The van der Waals surface area contributed by atoms with Gasteiger partial charge in [-0.25, -0.2) is 0 Å². The van der Waals surface area contributed by atoms with Gasteiger partial charge < -0.3 is 10.1 Å². The predicted octanol–water partition coefficient (Wildman–Crippen LogP) is 2.15. The minimum atomic E-state index is -0.473. The van der Waals surface area contributed by atoms with E-state index in [0.29, 0.717) is 19.4 Å². The Morgan fingerprint density at radius 2 is 2.00 bits per heavy atom. The second-order valence-electron chi connectivity index (χ2n) is 6.71. The zero-order valence-electron chi connectivity index (χ0n) is 14.1. The first-order valence-corrected chi connectivity index (χ1v) is 8.97. The molecule has 1 unspecified atom stereocenters. The normalized spacial score (nSPS) is 21.8. The molecule has 5 heteroatoms. The van der Waals surface area contributed by atoms with Crippen molar-refractivity contribution in [1.29, 1.82) is 0 Å². The van der Waals surface area contributed by atoms with Crippen LogP contribution in [0.5, 0.6) is 5.75 Å². The molecule has 5 nitrogen and oxygen atoms in total. The smallest absolute Gasteiger partial charge is 0.231 e. The molecule has 2 aliphatic heterocycles. The molecule has 0 aromatic heterocycles. The van der Waals surface area contributed by atoms with Gasteiger partial charge in [-0.2, -0.15) is 0 Å². The largest absolute Gasteiger partial charge is 0.494 e. The summed E-state index contributed by atoms with van der Waals surface area (Å²) in [7, 11) is 0. The third-order valence-electron chi connectivity index (χ3n) is 4.80.